The van der Waals surface area contributed by atoms with E-state index in [9.17, 15) is 4.79 Å². The summed E-state index contributed by atoms with van der Waals surface area (Å²) < 4.78 is 0. The van der Waals surface area contributed by atoms with Crippen LogP contribution in [0.25, 0.3) is 0 Å². The largest absolute Gasteiger partial charge is 0.399 e. The first-order chi connectivity index (χ1) is 9.22. The molecule has 0 aromatic heterocycles. The third-order valence-electron chi connectivity index (χ3n) is 3.57. The normalized spacial score (nSPS) is 17.9. The molecule has 0 spiro atoms. The molecule has 0 saturated heterocycles. The highest BCUT2D eigenvalue weighted by Crippen LogP contribution is 2.29. The lowest BCUT2D eigenvalue weighted by atomic mass is 9.93. The van der Waals surface area contributed by atoms with Gasteiger partial charge in [0.25, 0.3) is 0 Å². The number of benzene rings is 1. The van der Waals surface area contributed by atoms with Gasteiger partial charge >= 0.3 is 0 Å². The van der Waals surface area contributed by atoms with Crippen LogP contribution in [0.3, 0.4) is 0 Å². The van der Waals surface area contributed by atoms with Crippen molar-refractivity contribution in [1.82, 2.24) is 4.90 Å². The average molecular weight is 252 g/mol. The molecule has 1 aromatic rings. The highest BCUT2D eigenvalue weighted by molar-refractivity contribution is 5.83. The lowest BCUT2D eigenvalue weighted by Gasteiger charge is -2.29. The third-order valence-corrected chi connectivity index (χ3v) is 3.57. The van der Waals surface area contributed by atoms with Crippen LogP contribution in [-0.4, -0.2) is 10.7 Å². The van der Waals surface area contributed by atoms with Crippen LogP contribution >= 0.6 is 0 Å². The maximum atomic E-state index is 11.5. The van der Waals surface area contributed by atoms with Gasteiger partial charge in [0.2, 0.25) is 0 Å². The second kappa shape index (κ2) is 4.79. The van der Waals surface area contributed by atoms with Gasteiger partial charge in [-0.2, -0.15) is 0 Å². The Morgan fingerprint density at radius 1 is 1.21 bits per heavy atom. The van der Waals surface area contributed by atoms with E-state index in [0.717, 1.165) is 24.2 Å². The van der Waals surface area contributed by atoms with Gasteiger partial charge in [0.05, 0.1) is 0 Å². The number of ketones is 1. The van der Waals surface area contributed by atoms with E-state index in [-0.39, 0.29) is 0 Å². The van der Waals surface area contributed by atoms with E-state index >= 15 is 0 Å². The molecule has 0 bridgehead atoms. The minimum Gasteiger partial charge on any atom is -0.399 e. The number of Topliss-reactive ketones (excluding diaryl/α,β-unsaturated/α-hetero) is 1. The van der Waals surface area contributed by atoms with E-state index in [1.165, 1.54) is 11.3 Å². The van der Waals surface area contributed by atoms with E-state index in [1.807, 2.05) is 36.5 Å². The minimum atomic E-state index is 0.325. The molecule has 0 fully saturated rings. The number of anilines is 1. The maximum absolute atomic E-state index is 11.5. The van der Waals surface area contributed by atoms with Gasteiger partial charge in [-0.3, -0.25) is 4.79 Å². The third kappa shape index (κ3) is 2.47. The molecule has 2 N–H and O–H groups in total. The second-order valence-corrected chi connectivity index (χ2v) is 5.00. The van der Waals surface area contributed by atoms with Crippen molar-refractivity contribution in [2.75, 3.05) is 5.73 Å². The van der Waals surface area contributed by atoms with Crippen molar-refractivity contribution in [3.05, 3.63) is 59.1 Å². The molecule has 3 rings (SSSR count). The summed E-state index contributed by atoms with van der Waals surface area (Å²) in [5.41, 5.74) is 13.2. The molecular weight excluding hydrogens is 236 g/mol. The van der Waals surface area contributed by atoms with Crippen LogP contribution in [0.2, 0.25) is 0 Å². The number of nitrogens with two attached hydrogens (primary N) is 1. The Balaban J connectivity index is 1.83. The number of hydrogen-bond acceptors (Lipinski definition) is 3. The van der Waals surface area contributed by atoms with Crippen LogP contribution < -0.4 is 5.73 Å². The number of carbonyl (C=O) groups is 1. The number of hydrogen-bond donors (Lipinski definition) is 1. The standard InChI is InChI=1S/C16H16N2O/c17-14-5-3-12(4-6-14)11-18-9-1-2-13-10-15(19)7-8-16(13)18/h2-6,9H,7-8,10-11,17H2. The highest BCUT2D eigenvalue weighted by Gasteiger charge is 2.22. The zero-order valence-corrected chi connectivity index (χ0v) is 10.7. The molecule has 1 aliphatic carbocycles. The van der Waals surface area contributed by atoms with Crippen molar-refractivity contribution in [3.8, 4) is 0 Å². The summed E-state index contributed by atoms with van der Waals surface area (Å²) in [6.07, 6.45) is 5.93. The molecule has 0 radical (unpaired) electrons. The zero-order chi connectivity index (χ0) is 13.2. The molecule has 3 heteroatoms. The van der Waals surface area contributed by atoms with Crippen molar-refractivity contribution in [3.63, 3.8) is 0 Å². The van der Waals surface area contributed by atoms with Crippen LogP contribution in [0.5, 0.6) is 0 Å². The number of nitrogens with zero attached hydrogens (tertiary/aromatic N) is 1. The molecule has 2 aliphatic rings. The summed E-state index contributed by atoms with van der Waals surface area (Å²) in [4.78, 5) is 13.7. The highest BCUT2D eigenvalue weighted by atomic mass is 16.1. The monoisotopic (exact) mass is 252 g/mol. The Hall–Kier alpha value is -2.25. The molecule has 0 saturated carbocycles. The number of nitrogen functional groups attached to an aromatic ring is 1. The molecular formula is C16H16N2O. The van der Waals surface area contributed by atoms with E-state index in [0.29, 0.717) is 18.6 Å². The summed E-state index contributed by atoms with van der Waals surface area (Å²) >= 11 is 0. The molecule has 1 aliphatic heterocycles. The molecule has 1 aromatic carbocycles. The number of carbonyl (C=O) groups excluding carboxylic acids is 1. The minimum absolute atomic E-state index is 0.325. The summed E-state index contributed by atoms with van der Waals surface area (Å²) in [6, 6.07) is 7.91. The first kappa shape index (κ1) is 11.8. The molecule has 0 amide bonds. The van der Waals surface area contributed by atoms with Gasteiger partial charge in [-0.25, -0.2) is 0 Å². The molecule has 0 unspecified atom stereocenters. The topological polar surface area (TPSA) is 46.3 Å². The first-order valence-electron chi connectivity index (χ1n) is 6.50. The van der Waals surface area contributed by atoms with Gasteiger partial charge in [0.15, 0.2) is 0 Å². The van der Waals surface area contributed by atoms with Crippen LogP contribution in [0, 0.1) is 0 Å². The fourth-order valence-corrected chi connectivity index (χ4v) is 2.55. The molecule has 1 heterocycles. The van der Waals surface area contributed by atoms with Crippen LogP contribution in [0.15, 0.2) is 53.5 Å². The lowest BCUT2D eigenvalue weighted by molar-refractivity contribution is -0.118. The number of allylic oxidation sites excluding steroid dienone is 3. The fourth-order valence-electron chi connectivity index (χ4n) is 2.55. The van der Waals surface area contributed by atoms with Crippen LogP contribution in [-0.2, 0) is 11.3 Å². The average Bonchev–Trinajstić information content (AvgIpc) is 2.41. The van der Waals surface area contributed by atoms with Crippen molar-refractivity contribution in [1.29, 1.82) is 0 Å². The Morgan fingerprint density at radius 3 is 2.79 bits per heavy atom. The van der Waals surface area contributed by atoms with Gasteiger partial charge in [-0.05, 0) is 35.8 Å². The molecule has 0 atom stereocenters. The Kier molecular flexibility index (Phi) is 2.98. The summed E-state index contributed by atoms with van der Waals surface area (Å²) in [7, 11) is 0. The predicted molar refractivity (Wildman–Crippen MR) is 74.9 cm³/mol. The van der Waals surface area contributed by atoms with Crippen LogP contribution in [0.1, 0.15) is 24.8 Å². The maximum Gasteiger partial charge on any atom is 0.137 e. The van der Waals surface area contributed by atoms with Crippen molar-refractivity contribution in [2.45, 2.75) is 25.8 Å². The van der Waals surface area contributed by atoms with Crippen molar-refractivity contribution in [2.24, 2.45) is 0 Å². The summed E-state index contributed by atoms with van der Waals surface area (Å²) in [5.74, 6) is 0.325. The second-order valence-electron chi connectivity index (χ2n) is 5.00. The predicted octanol–water partition coefficient (Wildman–Crippen LogP) is 2.76. The number of rotatable bonds is 2. The fraction of sp³-hybridized carbons (Fsp3) is 0.250. The van der Waals surface area contributed by atoms with Gasteiger partial charge in [0.1, 0.15) is 5.78 Å². The first-order valence-corrected chi connectivity index (χ1v) is 6.50. The van der Waals surface area contributed by atoms with Gasteiger partial charge in [0, 0.05) is 37.0 Å². The van der Waals surface area contributed by atoms with Crippen molar-refractivity contribution < 1.29 is 4.79 Å². The molecule has 96 valence electrons. The van der Waals surface area contributed by atoms with E-state index in [4.69, 9.17) is 5.73 Å². The van der Waals surface area contributed by atoms with E-state index < -0.39 is 0 Å². The van der Waals surface area contributed by atoms with Gasteiger partial charge < -0.3 is 10.6 Å². The van der Waals surface area contributed by atoms with Gasteiger partial charge in [-0.1, -0.05) is 12.1 Å². The SMILES string of the molecule is Nc1ccc(CN2C=C=CC3=C2CCC(=O)C3)cc1. The molecule has 3 nitrogen and oxygen atoms in total. The Bertz CT molecular complexity index is 604. The smallest absolute Gasteiger partial charge is 0.137 e. The molecule has 19 heavy (non-hydrogen) atoms. The van der Waals surface area contributed by atoms with Gasteiger partial charge in [-0.15, -0.1) is 5.73 Å². The Morgan fingerprint density at radius 2 is 2.00 bits per heavy atom. The van der Waals surface area contributed by atoms with E-state index in [2.05, 4.69) is 10.6 Å². The zero-order valence-electron chi connectivity index (χ0n) is 10.7. The Labute approximate surface area is 112 Å². The van der Waals surface area contributed by atoms with Crippen LogP contribution in [0.4, 0.5) is 5.69 Å². The lowest BCUT2D eigenvalue weighted by Crippen LogP contribution is -2.23. The quantitative estimate of drug-likeness (QED) is 0.650. The summed E-state index contributed by atoms with van der Waals surface area (Å²) in [5, 5.41) is 0. The van der Waals surface area contributed by atoms with E-state index in [1.54, 1.807) is 0 Å². The van der Waals surface area contributed by atoms with Crippen molar-refractivity contribution >= 4 is 11.5 Å². The summed E-state index contributed by atoms with van der Waals surface area (Å²) in [6.45, 7) is 0.800.